The molecule has 0 aromatic heterocycles. The second kappa shape index (κ2) is 7.87. The average Bonchev–Trinajstić information content (AvgIpc) is 3.24. The summed E-state index contributed by atoms with van der Waals surface area (Å²) in [7, 11) is 0. The summed E-state index contributed by atoms with van der Waals surface area (Å²) in [6, 6.07) is 12.6. The highest BCUT2D eigenvalue weighted by Crippen LogP contribution is 2.24. The molecule has 6 nitrogen and oxygen atoms in total. The van der Waals surface area contributed by atoms with Crippen LogP contribution in [0.25, 0.3) is 0 Å². The Labute approximate surface area is 166 Å². The van der Waals surface area contributed by atoms with E-state index in [1.165, 1.54) is 18.2 Å². The predicted octanol–water partition coefficient (Wildman–Crippen LogP) is 2.89. The van der Waals surface area contributed by atoms with E-state index in [9.17, 15) is 18.8 Å². The lowest BCUT2D eigenvalue weighted by Crippen LogP contribution is -2.41. The van der Waals surface area contributed by atoms with Gasteiger partial charge in [-0.1, -0.05) is 18.2 Å². The zero-order chi connectivity index (χ0) is 20.4. The molecule has 3 aromatic carbocycles. The Kier molecular flexibility index (Phi) is 5.12. The van der Waals surface area contributed by atoms with Crippen molar-refractivity contribution in [3.63, 3.8) is 0 Å². The lowest BCUT2D eigenvalue weighted by molar-refractivity contribution is 0.102. The van der Waals surface area contributed by atoms with E-state index in [-0.39, 0.29) is 5.91 Å². The molecule has 1 heterocycles. The molecule has 1 fully saturated rings. The molecule has 148 valence electrons. The largest absolute Gasteiger partial charge is 0.376 e. The third-order valence-corrected chi connectivity index (χ3v) is 5.08. The molecular formula is C22H20FN3O3. The first-order valence-electron chi connectivity index (χ1n) is 9.51. The van der Waals surface area contributed by atoms with Crippen LogP contribution >= 0.6 is 0 Å². The maximum atomic E-state index is 13.2. The standard InChI is InChI=1S/C22H20FN3O3/c23-16-4-3-5-17(12-16)25-22(29)15-8-6-14(7-9-15)13-24-18-19(21(28)20(18)27)26-10-1-2-11-26/h3-9,12,24H,1-2,10-11,13H2,(H,25,29). The van der Waals surface area contributed by atoms with Gasteiger partial charge in [0.25, 0.3) is 16.8 Å². The molecule has 4 rings (SSSR count). The Hall–Kier alpha value is -3.48. The van der Waals surface area contributed by atoms with Crippen LogP contribution in [0.3, 0.4) is 0 Å². The van der Waals surface area contributed by atoms with Gasteiger partial charge in [0.15, 0.2) is 0 Å². The van der Waals surface area contributed by atoms with Gasteiger partial charge in [-0.2, -0.15) is 0 Å². The Morgan fingerprint density at radius 3 is 2.41 bits per heavy atom. The van der Waals surface area contributed by atoms with Gasteiger partial charge >= 0.3 is 0 Å². The van der Waals surface area contributed by atoms with Crippen molar-refractivity contribution < 1.29 is 9.18 Å². The van der Waals surface area contributed by atoms with Crippen LogP contribution in [-0.4, -0.2) is 19.0 Å². The number of benzene rings is 2. The van der Waals surface area contributed by atoms with Gasteiger partial charge in [-0.05, 0) is 48.7 Å². The molecule has 1 aliphatic heterocycles. The fourth-order valence-electron chi connectivity index (χ4n) is 3.52. The average molecular weight is 393 g/mol. The van der Waals surface area contributed by atoms with Crippen LogP contribution in [0.15, 0.2) is 58.1 Å². The molecule has 3 aromatic rings. The zero-order valence-corrected chi connectivity index (χ0v) is 15.7. The van der Waals surface area contributed by atoms with Gasteiger partial charge in [-0.3, -0.25) is 14.4 Å². The number of hydrogen-bond donors (Lipinski definition) is 2. The summed E-state index contributed by atoms with van der Waals surface area (Å²) in [5.74, 6) is -0.759. The van der Waals surface area contributed by atoms with Crippen molar-refractivity contribution >= 4 is 23.0 Å². The quantitative estimate of drug-likeness (QED) is 0.630. The second-order valence-electron chi connectivity index (χ2n) is 7.09. The third kappa shape index (κ3) is 3.89. The number of carbonyl (C=O) groups excluding carboxylic acids is 1. The van der Waals surface area contributed by atoms with E-state index in [1.54, 1.807) is 30.3 Å². The van der Waals surface area contributed by atoms with Crippen molar-refractivity contribution in [1.82, 2.24) is 0 Å². The monoisotopic (exact) mass is 393 g/mol. The number of nitrogens with zero attached hydrogens (tertiary/aromatic N) is 1. The van der Waals surface area contributed by atoms with E-state index in [0.717, 1.165) is 31.5 Å². The summed E-state index contributed by atoms with van der Waals surface area (Å²) in [6.45, 7) is 1.97. The topological polar surface area (TPSA) is 78.5 Å². The lowest BCUT2D eigenvalue weighted by Gasteiger charge is -2.22. The summed E-state index contributed by atoms with van der Waals surface area (Å²) in [5.41, 5.74) is 1.67. The van der Waals surface area contributed by atoms with Gasteiger partial charge in [-0.15, -0.1) is 0 Å². The van der Waals surface area contributed by atoms with Crippen LogP contribution in [0.5, 0.6) is 0 Å². The Bertz CT molecular complexity index is 1110. The Balaban J connectivity index is 1.39. The van der Waals surface area contributed by atoms with Crippen molar-refractivity contribution in [3.05, 3.63) is 85.9 Å². The van der Waals surface area contributed by atoms with E-state index in [4.69, 9.17) is 0 Å². The Morgan fingerprint density at radius 1 is 1.00 bits per heavy atom. The number of halogens is 1. The highest BCUT2D eigenvalue weighted by molar-refractivity contribution is 6.04. The lowest BCUT2D eigenvalue weighted by atomic mass is 10.1. The molecule has 7 heteroatoms. The molecule has 0 radical (unpaired) electrons. The first-order valence-corrected chi connectivity index (χ1v) is 9.51. The number of nitrogens with one attached hydrogen (secondary N) is 2. The minimum atomic E-state index is -0.474. The molecule has 0 unspecified atom stereocenters. The molecule has 0 aliphatic carbocycles. The predicted molar refractivity (Wildman–Crippen MR) is 111 cm³/mol. The van der Waals surface area contributed by atoms with Crippen LogP contribution in [0, 0.1) is 5.82 Å². The van der Waals surface area contributed by atoms with Gasteiger partial charge in [-0.25, -0.2) is 4.39 Å². The fraction of sp³-hybridized carbons (Fsp3) is 0.227. The maximum Gasteiger partial charge on any atom is 0.255 e. The molecule has 1 aliphatic rings. The molecule has 2 N–H and O–H groups in total. The second-order valence-corrected chi connectivity index (χ2v) is 7.09. The van der Waals surface area contributed by atoms with Gasteiger partial charge in [0.1, 0.15) is 17.2 Å². The summed E-state index contributed by atoms with van der Waals surface area (Å²) >= 11 is 0. The summed E-state index contributed by atoms with van der Waals surface area (Å²) < 4.78 is 13.2. The Morgan fingerprint density at radius 2 is 1.72 bits per heavy atom. The summed E-state index contributed by atoms with van der Waals surface area (Å²) in [4.78, 5) is 38.1. The van der Waals surface area contributed by atoms with Crippen molar-refractivity contribution in [3.8, 4) is 0 Å². The van der Waals surface area contributed by atoms with Crippen molar-refractivity contribution in [2.45, 2.75) is 19.4 Å². The van der Waals surface area contributed by atoms with Crippen LogP contribution < -0.4 is 26.4 Å². The normalized spacial score (nSPS) is 13.6. The number of rotatable bonds is 6. The van der Waals surface area contributed by atoms with Gasteiger partial charge in [0.05, 0.1) is 0 Å². The SMILES string of the molecule is O=C(Nc1cccc(F)c1)c1ccc(CNc2c(N3CCCC3)c(=O)c2=O)cc1. The molecule has 1 saturated heterocycles. The first-order chi connectivity index (χ1) is 14.0. The van der Waals surface area contributed by atoms with Gasteiger partial charge in [0.2, 0.25) is 0 Å². The minimum absolute atomic E-state index is 0.339. The van der Waals surface area contributed by atoms with Crippen LogP contribution in [0.4, 0.5) is 21.5 Å². The van der Waals surface area contributed by atoms with Gasteiger partial charge < -0.3 is 15.5 Å². The number of hydrogen-bond acceptors (Lipinski definition) is 5. The van der Waals surface area contributed by atoms with E-state index in [0.29, 0.717) is 29.2 Å². The van der Waals surface area contributed by atoms with Gasteiger partial charge in [0, 0.05) is 30.9 Å². The molecule has 0 saturated carbocycles. The summed E-state index contributed by atoms with van der Waals surface area (Å²) in [6.07, 6.45) is 2.05. The molecule has 0 spiro atoms. The van der Waals surface area contributed by atoms with Crippen molar-refractivity contribution in [1.29, 1.82) is 0 Å². The van der Waals surface area contributed by atoms with Crippen molar-refractivity contribution in [2.75, 3.05) is 28.6 Å². The van der Waals surface area contributed by atoms with E-state index in [2.05, 4.69) is 10.6 Å². The van der Waals surface area contributed by atoms with E-state index < -0.39 is 16.7 Å². The maximum absolute atomic E-state index is 13.2. The smallest absolute Gasteiger partial charge is 0.255 e. The number of carbonyl (C=O) groups is 1. The number of anilines is 3. The highest BCUT2D eigenvalue weighted by Gasteiger charge is 2.27. The number of amides is 1. The molecule has 1 amide bonds. The molecule has 0 bridgehead atoms. The van der Waals surface area contributed by atoms with Crippen LogP contribution in [0.1, 0.15) is 28.8 Å². The van der Waals surface area contributed by atoms with Crippen molar-refractivity contribution in [2.24, 2.45) is 0 Å². The third-order valence-electron chi connectivity index (χ3n) is 5.08. The van der Waals surface area contributed by atoms with Crippen LogP contribution in [-0.2, 0) is 6.54 Å². The fourth-order valence-corrected chi connectivity index (χ4v) is 3.52. The molecular weight excluding hydrogens is 373 g/mol. The first kappa shape index (κ1) is 18.9. The van der Waals surface area contributed by atoms with E-state index >= 15 is 0 Å². The zero-order valence-electron chi connectivity index (χ0n) is 15.7. The highest BCUT2D eigenvalue weighted by atomic mass is 19.1. The molecule has 0 atom stereocenters. The van der Waals surface area contributed by atoms with E-state index in [1.807, 2.05) is 4.90 Å². The van der Waals surface area contributed by atoms with Crippen LogP contribution in [0.2, 0.25) is 0 Å². The molecule has 29 heavy (non-hydrogen) atoms. The minimum Gasteiger partial charge on any atom is -0.376 e. The summed E-state index contributed by atoms with van der Waals surface area (Å²) in [5, 5.41) is 5.71.